The van der Waals surface area contributed by atoms with Crippen LogP contribution in [0.15, 0.2) is 0 Å². The lowest BCUT2D eigenvalue weighted by Crippen LogP contribution is -2.37. The molecule has 0 aromatic carbocycles. The van der Waals surface area contributed by atoms with E-state index < -0.39 is 0 Å². The summed E-state index contributed by atoms with van der Waals surface area (Å²) in [5.74, 6) is 0.636. The van der Waals surface area contributed by atoms with Crippen molar-refractivity contribution in [3.63, 3.8) is 0 Å². The summed E-state index contributed by atoms with van der Waals surface area (Å²) >= 11 is 0. The maximum absolute atomic E-state index is 12.1. The van der Waals surface area contributed by atoms with Crippen LogP contribution in [0.2, 0.25) is 0 Å². The lowest BCUT2D eigenvalue weighted by molar-refractivity contribution is -0.130. The fraction of sp³-hybridized carbons (Fsp3) is 0.909. The summed E-state index contributed by atoms with van der Waals surface area (Å²) in [4.78, 5) is 12.1. The van der Waals surface area contributed by atoms with Gasteiger partial charge < -0.3 is 0 Å². The van der Waals surface area contributed by atoms with Gasteiger partial charge in [-0.25, -0.2) is 5.01 Å². The van der Waals surface area contributed by atoms with Crippen LogP contribution < -0.4 is 5.43 Å². The maximum atomic E-state index is 12.1. The smallest absolute Gasteiger partial charge is 0.144 e. The Morgan fingerprint density at radius 1 is 1.43 bits per heavy atom. The standard InChI is InChI=1S/C11H20N2O/c1-11(2,3)10(14)8-7-12-13-6-4-5-9(8)13/h8-9,12H,4-7H2,1-3H3. The summed E-state index contributed by atoms with van der Waals surface area (Å²) in [7, 11) is 0. The first-order chi connectivity index (χ1) is 6.50. The summed E-state index contributed by atoms with van der Waals surface area (Å²) in [6, 6.07) is 0.474. The zero-order valence-electron chi connectivity index (χ0n) is 9.34. The highest BCUT2D eigenvalue weighted by Crippen LogP contribution is 2.32. The third kappa shape index (κ3) is 1.59. The minimum atomic E-state index is -0.190. The van der Waals surface area contributed by atoms with Gasteiger partial charge in [-0.3, -0.25) is 10.2 Å². The van der Waals surface area contributed by atoms with E-state index >= 15 is 0 Å². The molecule has 0 bridgehead atoms. The monoisotopic (exact) mass is 196 g/mol. The number of carbonyl (C=O) groups excluding carboxylic acids is 1. The lowest BCUT2D eigenvalue weighted by Gasteiger charge is -2.24. The number of hydrogen-bond donors (Lipinski definition) is 1. The first-order valence-corrected chi connectivity index (χ1v) is 5.54. The van der Waals surface area contributed by atoms with E-state index in [0.717, 1.165) is 13.1 Å². The van der Waals surface area contributed by atoms with Crippen molar-refractivity contribution in [1.82, 2.24) is 10.4 Å². The van der Waals surface area contributed by atoms with Gasteiger partial charge in [0.05, 0.1) is 0 Å². The molecule has 2 atom stereocenters. The van der Waals surface area contributed by atoms with Gasteiger partial charge in [-0.15, -0.1) is 0 Å². The SMILES string of the molecule is CC(C)(C)C(=O)C1CNN2CCCC12. The third-order valence-corrected chi connectivity index (χ3v) is 3.35. The van der Waals surface area contributed by atoms with Crippen molar-refractivity contribution in [3.8, 4) is 0 Å². The molecule has 0 spiro atoms. The number of rotatable bonds is 1. The average Bonchev–Trinajstić information content (AvgIpc) is 2.59. The first kappa shape index (κ1) is 10.1. The van der Waals surface area contributed by atoms with Crippen molar-refractivity contribution in [2.45, 2.75) is 39.7 Å². The molecule has 3 nitrogen and oxygen atoms in total. The molecule has 2 rings (SSSR count). The summed E-state index contributed by atoms with van der Waals surface area (Å²) in [5, 5.41) is 2.26. The summed E-state index contributed by atoms with van der Waals surface area (Å²) < 4.78 is 0. The largest absolute Gasteiger partial charge is 0.299 e. The molecule has 0 saturated carbocycles. The van der Waals surface area contributed by atoms with Crippen LogP contribution in [0, 0.1) is 11.3 Å². The van der Waals surface area contributed by atoms with Crippen LogP contribution in [0.4, 0.5) is 0 Å². The Hall–Kier alpha value is -0.410. The Morgan fingerprint density at radius 2 is 2.14 bits per heavy atom. The van der Waals surface area contributed by atoms with Gasteiger partial charge in [-0.2, -0.15) is 0 Å². The fourth-order valence-corrected chi connectivity index (χ4v) is 2.58. The summed E-state index contributed by atoms with van der Waals surface area (Å²) in [5.41, 5.74) is 3.14. The minimum absolute atomic E-state index is 0.190. The zero-order valence-corrected chi connectivity index (χ0v) is 9.34. The van der Waals surface area contributed by atoms with Gasteiger partial charge in [0.2, 0.25) is 0 Å². The number of nitrogens with one attached hydrogen (secondary N) is 1. The Kier molecular flexibility index (Phi) is 2.40. The van der Waals surface area contributed by atoms with Crippen molar-refractivity contribution in [2.75, 3.05) is 13.1 Å². The highest BCUT2D eigenvalue weighted by molar-refractivity contribution is 5.87. The minimum Gasteiger partial charge on any atom is -0.299 e. The van der Waals surface area contributed by atoms with Crippen LogP contribution in [0.3, 0.4) is 0 Å². The van der Waals surface area contributed by atoms with Crippen molar-refractivity contribution in [3.05, 3.63) is 0 Å². The number of Topliss-reactive ketones (excluding diaryl/α,β-unsaturated/α-hetero) is 1. The van der Waals surface area contributed by atoms with E-state index in [0.29, 0.717) is 11.8 Å². The predicted molar refractivity (Wildman–Crippen MR) is 55.7 cm³/mol. The number of carbonyl (C=O) groups is 1. The summed E-state index contributed by atoms with van der Waals surface area (Å²) in [6.07, 6.45) is 2.41. The van der Waals surface area contributed by atoms with Gasteiger partial charge >= 0.3 is 0 Å². The van der Waals surface area contributed by atoms with Gasteiger partial charge in [0, 0.05) is 30.5 Å². The van der Waals surface area contributed by atoms with Crippen LogP contribution in [0.5, 0.6) is 0 Å². The lowest BCUT2D eigenvalue weighted by atomic mass is 9.80. The van der Waals surface area contributed by atoms with E-state index in [9.17, 15) is 4.79 Å². The normalized spacial score (nSPS) is 33.4. The predicted octanol–water partition coefficient (Wildman–Crippen LogP) is 1.20. The quantitative estimate of drug-likeness (QED) is 0.684. The van der Waals surface area contributed by atoms with Gasteiger partial charge in [0.25, 0.3) is 0 Å². The molecule has 2 heterocycles. The number of hydrazine groups is 1. The molecule has 2 aliphatic rings. The fourth-order valence-electron chi connectivity index (χ4n) is 2.58. The average molecular weight is 196 g/mol. The van der Waals surface area contributed by atoms with E-state index in [-0.39, 0.29) is 11.3 Å². The van der Waals surface area contributed by atoms with Crippen LogP contribution in [0.25, 0.3) is 0 Å². The van der Waals surface area contributed by atoms with Crippen molar-refractivity contribution in [2.24, 2.45) is 11.3 Å². The number of fused-ring (bicyclic) bond motifs is 1. The van der Waals surface area contributed by atoms with E-state index in [4.69, 9.17) is 0 Å². The van der Waals surface area contributed by atoms with Crippen molar-refractivity contribution < 1.29 is 4.79 Å². The topological polar surface area (TPSA) is 32.3 Å². The van der Waals surface area contributed by atoms with Gasteiger partial charge in [0.1, 0.15) is 5.78 Å². The Morgan fingerprint density at radius 3 is 2.79 bits per heavy atom. The molecular weight excluding hydrogens is 176 g/mol. The van der Waals surface area contributed by atoms with Crippen LogP contribution in [-0.4, -0.2) is 29.9 Å². The van der Waals surface area contributed by atoms with E-state index in [1.807, 2.05) is 20.8 Å². The number of ketones is 1. The molecule has 14 heavy (non-hydrogen) atoms. The van der Waals surface area contributed by atoms with E-state index in [1.54, 1.807) is 0 Å². The molecule has 2 fully saturated rings. The molecule has 1 N–H and O–H groups in total. The van der Waals surface area contributed by atoms with Crippen molar-refractivity contribution in [1.29, 1.82) is 0 Å². The van der Waals surface area contributed by atoms with Crippen LogP contribution >= 0.6 is 0 Å². The molecule has 0 amide bonds. The van der Waals surface area contributed by atoms with Crippen LogP contribution in [-0.2, 0) is 4.79 Å². The van der Waals surface area contributed by atoms with Crippen LogP contribution in [0.1, 0.15) is 33.6 Å². The first-order valence-electron chi connectivity index (χ1n) is 5.54. The summed E-state index contributed by atoms with van der Waals surface area (Å²) in [6.45, 7) is 8.02. The molecule has 2 aliphatic heterocycles. The van der Waals surface area contributed by atoms with Gasteiger partial charge in [-0.1, -0.05) is 20.8 Å². The highest BCUT2D eigenvalue weighted by Gasteiger charge is 2.43. The van der Waals surface area contributed by atoms with E-state index in [2.05, 4.69) is 10.4 Å². The van der Waals surface area contributed by atoms with Gasteiger partial charge in [-0.05, 0) is 12.8 Å². The Balaban J connectivity index is 2.09. The van der Waals surface area contributed by atoms with E-state index in [1.165, 1.54) is 12.8 Å². The molecule has 3 heteroatoms. The maximum Gasteiger partial charge on any atom is 0.144 e. The molecule has 0 radical (unpaired) electrons. The molecule has 0 aromatic rings. The second kappa shape index (κ2) is 3.31. The molecular formula is C11H20N2O. The Bertz CT molecular complexity index is 244. The Labute approximate surface area is 85.8 Å². The molecule has 0 aromatic heterocycles. The molecule has 80 valence electrons. The second-order valence-electron chi connectivity index (χ2n) is 5.49. The zero-order chi connectivity index (χ0) is 10.3. The molecule has 0 aliphatic carbocycles. The van der Waals surface area contributed by atoms with Gasteiger partial charge in [0.15, 0.2) is 0 Å². The van der Waals surface area contributed by atoms with Crippen molar-refractivity contribution >= 4 is 5.78 Å². The number of nitrogens with zero attached hydrogens (tertiary/aromatic N) is 1. The molecule has 2 unspecified atom stereocenters. The highest BCUT2D eigenvalue weighted by atomic mass is 16.1. The number of hydrogen-bond acceptors (Lipinski definition) is 3. The molecule has 2 saturated heterocycles. The second-order valence-corrected chi connectivity index (χ2v) is 5.49. The third-order valence-electron chi connectivity index (χ3n) is 3.35.